The minimum atomic E-state index is -1.13. The van der Waals surface area contributed by atoms with E-state index < -0.39 is 17.9 Å². The third kappa shape index (κ3) is 4.56. The predicted molar refractivity (Wildman–Crippen MR) is 90.0 cm³/mol. The van der Waals surface area contributed by atoms with E-state index in [2.05, 4.69) is 15.5 Å². The molecule has 0 saturated carbocycles. The lowest BCUT2D eigenvalue weighted by atomic mass is 10.1. The summed E-state index contributed by atoms with van der Waals surface area (Å²) >= 11 is 0. The van der Waals surface area contributed by atoms with Crippen LogP contribution in [0.25, 0.3) is 11.4 Å². The van der Waals surface area contributed by atoms with Crippen molar-refractivity contribution in [2.75, 3.05) is 0 Å². The van der Waals surface area contributed by atoms with E-state index in [-0.39, 0.29) is 19.3 Å². The number of furan rings is 1. The number of amides is 1. The van der Waals surface area contributed by atoms with Gasteiger partial charge in [-0.1, -0.05) is 35.5 Å². The van der Waals surface area contributed by atoms with E-state index in [1.165, 1.54) is 6.26 Å². The Balaban J connectivity index is 1.53. The second-order valence-electron chi connectivity index (χ2n) is 5.62. The molecule has 1 amide bonds. The molecule has 26 heavy (non-hydrogen) atoms. The SMILES string of the molecule is O=C(CCc1nc(-c2ccccc2)no1)N[C@@H](Cc1ccco1)C(=O)O. The van der Waals surface area contributed by atoms with E-state index in [0.717, 1.165) is 5.56 Å². The Morgan fingerprint density at radius 2 is 1.96 bits per heavy atom. The lowest BCUT2D eigenvalue weighted by molar-refractivity contribution is -0.141. The normalized spacial score (nSPS) is 11.8. The molecule has 8 nitrogen and oxygen atoms in total. The van der Waals surface area contributed by atoms with Gasteiger partial charge in [0.25, 0.3) is 0 Å². The second kappa shape index (κ2) is 8.11. The van der Waals surface area contributed by atoms with Crippen molar-refractivity contribution in [3.8, 4) is 11.4 Å². The number of hydrogen-bond donors (Lipinski definition) is 2. The molecule has 134 valence electrons. The Labute approximate surface area is 148 Å². The minimum Gasteiger partial charge on any atom is -0.480 e. The van der Waals surface area contributed by atoms with Crippen molar-refractivity contribution in [2.24, 2.45) is 0 Å². The van der Waals surface area contributed by atoms with E-state index in [9.17, 15) is 14.7 Å². The fraction of sp³-hybridized carbons (Fsp3) is 0.222. The largest absolute Gasteiger partial charge is 0.480 e. The molecule has 0 radical (unpaired) electrons. The maximum Gasteiger partial charge on any atom is 0.326 e. The highest BCUT2D eigenvalue weighted by Gasteiger charge is 2.22. The summed E-state index contributed by atoms with van der Waals surface area (Å²) < 4.78 is 10.3. The van der Waals surface area contributed by atoms with Gasteiger partial charge in [0, 0.05) is 24.8 Å². The molecule has 0 saturated heterocycles. The van der Waals surface area contributed by atoms with Crippen LogP contribution in [0.4, 0.5) is 0 Å². The zero-order valence-corrected chi connectivity index (χ0v) is 13.8. The van der Waals surface area contributed by atoms with Crippen molar-refractivity contribution in [1.29, 1.82) is 0 Å². The summed E-state index contributed by atoms with van der Waals surface area (Å²) in [6.07, 6.45) is 1.79. The Bertz CT molecular complexity index is 858. The van der Waals surface area contributed by atoms with Crippen LogP contribution >= 0.6 is 0 Å². The van der Waals surface area contributed by atoms with Crippen molar-refractivity contribution in [1.82, 2.24) is 15.5 Å². The number of aryl methyl sites for hydroxylation is 1. The summed E-state index contributed by atoms with van der Waals surface area (Å²) in [6, 6.07) is 11.6. The highest BCUT2D eigenvalue weighted by atomic mass is 16.5. The summed E-state index contributed by atoms with van der Waals surface area (Å²) in [6.45, 7) is 0. The van der Waals surface area contributed by atoms with Crippen LogP contribution in [0.1, 0.15) is 18.1 Å². The zero-order chi connectivity index (χ0) is 18.4. The Morgan fingerprint density at radius 1 is 1.15 bits per heavy atom. The van der Waals surface area contributed by atoms with Crippen LogP contribution in [-0.4, -0.2) is 33.2 Å². The first-order valence-electron chi connectivity index (χ1n) is 8.04. The second-order valence-corrected chi connectivity index (χ2v) is 5.62. The van der Waals surface area contributed by atoms with Gasteiger partial charge in [0.15, 0.2) is 0 Å². The van der Waals surface area contributed by atoms with Crippen LogP contribution in [0.3, 0.4) is 0 Å². The Morgan fingerprint density at radius 3 is 2.65 bits per heavy atom. The minimum absolute atomic E-state index is 0.0400. The van der Waals surface area contributed by atoms with Crippen LogP contribution in [0, 0.1) is 0 Å². The number of nitrogens with one attached hydrogen (secondary N) is 1. The van der Waals surface area contributed by atoms with Crippen LogP contribution < -0.4 is 5.32 Å². The molecular weight excluding hydrogens is 338 g/mol. The summed E-state index contributed by atoms with van der Waals surface area (Å²) in [5.41, 5.74) is 0.816. The molecule has 0 aliphatic rings. The van der Waals surface area contributed by atoms with Crippen LogP contribution in [0.15, 0.2) is 57.7 Å². The standard InChI is InChI=1S/C18H17N3O5/c22-15(19-14(18(23)24)11-13-7-4-10-25-13)8-9-16-20-17(21-26-16)12-5-2-1-3-6-12/h1-7,10,14H,8-9,11H2,(H,19,22)(H,23,24)/t14-/m0/s1. The fourth-order valence-electron chi connectivity index (χ4n) is 2.38. The monoisotopic (exact) mass is 355 g/mol. The van der Waals surface area contributed by atoms with Crippen LogP contribution in [0.5, 0.6) is 0 Å². The van der Waals surface area contributed by atoms with Gasteiger partial charge < -0.3 is 19.4 Å². The van der Waals surface area contributed by atoms with Gasteiger partial charge in [-0.2, -0.15) is 4.98 Å². The smallest absolute Gasteiger partial charge is 0.326 e. The molecule has 0 fully saturated rings. The summed E-state index contributed by atoms with van der Waals surface area (Å²) in [5.74, 6) is -0.288. The molecule has 3 rings (SSSR count). The number of carboxylic acid groups (broad SMARTS) is 1. The van der Waals surface area contributed by atoms with Gasteiger partial charge in [-0.3, -0.25) is 4.79 Å². The average molecular weight is 355 g/mol. The lowest BCUT2D eigenvalue weighted by Crippen LogP contribution is -2.42. The van der Waals surface area contributed by atoms with Crippen molar-refractivity contribution in [2.45, 2.75) is 25.3 Å². The average Bonchev–Trinajstić information content (AvgIpc) is 3.32. The van der Waals surface area contributed by atoms with E-state index in [1.54, 1.807) is 12.1 Å². The topological polar surface area (TPSA) is 118 Å². The van der Waals surface area contributed by atoms with Crippen molar-refractivity contribution >= 4 is 11.9 Å². The van der Waals surface area contributed by atoms with Gasteiger partial charge in [0.2, 0.25) is 17.6 Å². The number of rotatable bonds is 8. The van der Waals surface area contributed by atoms with E-state index in [1.807, 2.05) is 30.3 Å². The molecule has 0 unspecified atom stereocenters. The highest BCUT2D eigenvalue weighted by molar-refractivity contribution is 5.83. The number of carboxylic acids is 1. The van der Waals surface area contributed by atoms with Gasteiger partial charge in [0.1, 0.15) is 11.8 Å². The van der Waals surface area contributed by atoms with E-state index in [0.29, 0.717) is 17.5 Å². The van der Waals surface area contributed by atoms with Gasteiger partial charge >= 0.3 is 5.97 Å². The zero-order valence-electron chi connectivity index (χ0n) is 13.8. The molecule has 8 heteroatoms. The molecule has 2 N–H and O–H groups in total. The molecule has 0 aliphatic heterocycles. The number of aliphatic carboxylic acids is 1. The van der Waals surface area contributed by atoms with Crippen molar-refractivity contribution in [3.63, 3.8) is 0 Å². The molecule has 0 bridgehead atoms. The number of carbonyl (C=O) groups excluding carboxylic acids is 1. The third-order valence-electron chi connectivity index (χ3n) is 3.68. The Hall–Kier alpha value is -3.42. The number of aromatic nitrogens is 2. The summed E-state index contributed by atoms with van der Waals surface area (Å²) in [7, 11) is 0. The number of carbonyl (C=O) groups is 2. The fourth-order valence-corrected chi connectivity index (χ4v) is 2.38. The molecule has 3 aromatic rings. The molecule has 2 aromatic heterocycles. The lowest BCUT2D eigenvalue weighted by Gasteiger charge is -2.12. The first-order valence-corrected chi connectivity index (χ1v) is 8.04. The van der Waals surface area contributed by atoms with Gasteiger partial charge in [0.05, 0.1) is 6.26 Å². The van der Waals surface area contributed by atoms with Gasteiger partial charge in [-0.15, -0.1) is 0 Å². The molecule has 2 heterocycles. The number of nitrogens with zero attached hydrogens (tertiary/aromatic N) is 2. The first kappa shape index (κ1) is 17.4. The summed E-state index contributed by atoms with van der Waals surface area (Å²) in [5, 5.41) is 15.6. The molecular formula is C18H17N3O5. The van der Waals surface area contributed by atoms with E-state index >= 15 is 0 Å². The highest BCUT2D eigenvalue weighted by Crippen LogP contribution is 2.15. The van der Waals surface area contributed by atoms with Crippen molar-refractivity contribution in [3.05, 3.63) is 60.4 Å². The van der Waals surface area contributed by atoms with Crippen molar-refractivity contribution < 1.29 is 23.6 Å². The Kier molecular flexibility index (Phi) is 5.43. The van der Waals surface area contributed by atoms with Gasteiger partial charge in [-0.05, 0) is 12.1 Å². The van der Waals surface area contributed by atoms with E-state index in [4.69, 9.17) is 8.94 Å². The van der Waals surface area contributed by atoms with Gasteiger partial charge in [-0.25, -0.2) is 4.79 Å². The maximum atomic E-state index is 12.0. The van der Waals surface area contributed by atoms with Crippen LogP contribution in [0.2, 0.25) is 0 Å². The summed E-state index contributed by atoms with van der Waals surface area (Å²) in [4.78, 5) is 27.6. The molecule has 1 atom stereocenters. The quantitative estimate of drug-likeness (QED) is 0.635. The molecule has 0 spiro atoms. The molecule has 0 aliphatic carbocycles. The maximum absolute atomic E-state index is 12.0. The molecule has 1 aromatic carbocycles. The van der Waals surface area contributed by atoms with Crippen LogP contribution in [-0.2, 0) is 22.4 Å². The third-order valence-corrected chi connectivity index (χ3v) is 3.68. The predicted octanol–water partition coefficient (Wildman–Crippen LogP) is 2.07. The first-order chi connectivity index (χ1) is 12.6. The number of hydrogen-bond acceptors (Lipinski definition) is 6. The number of benzene rings is 1.